The van der Waals surface area contributed by atoms with Crippen molar-refractivity contribution in [3.05, 3.63) is 40.6 Å². The molecule has 130 valence electrons. The van der Waals surface area contributed by atoms with E-state index in [2.05, 4.69) is 20.2 Å². The second-order valence-corrected chi connectivity index (χ2v) is 6.70. The minimum Gasteiger partial charge on any atom is -0.367 e. The van der Waals surface area contributed by atoms with Crippen LogP contribution in [0.25, 0.3) is 5.65 Å². The first-order valence-electron chi connectivity index (χ1n) is 8.14. The number of nitrogens with zero attached hydrogens (tertiary/aromatic N) is 5. The molecule has 8 nitrogen and oxygen atoms in total. The van der Waals surface area contributed by atoms with E-state index in [4.69, 9.17) is 17.3 Å². The van der Waals surface area contributed by atoms with E-state index in [0.29, 0.717) is 29.5 Å². The number of anilines is 1. The second-order valence-electron chi connectivity index (χ2n) is 6.27. The smallest absolute Gasteiger partial charge is 0.272 e. The first kappa shape index (κ1) is 15.9. The summed E-state index contributed by atoms with van der Waals surface area (Å²) >= 11 is 6.08. The molecule has 3 aromatic heterocycles. The average Bonchev–Trinajstić information content (AvgIpc) is 3.17. The van der Waals surface area contributed by atoms with E-state index in [9.17, 15) is 4.79 Å². The van der Waals surface area contributed by atoms with Crippen LogP contribution in [-0.4, -0.2) is 48.5 Å². The van der Waals surface area contributed by atoms with Gasteiger partial charge in [0, 0.05) is 25.2 Å². The van der Waals surface area contributed by atoms with Crippen molar-refractivity contribution in [3.8, 4) is 0 Å². The molecule has 0 saturated carbocycles. The second kappa shape index (κ2) is 6.03. The molecule has 0 bridgehead atoms. The highest BCUT2D eigenvalue weighted by Crippen LogP contribution is 2.27. The largest absolute Gasteiger partial charge is 0.367 e. The quantitative estimate of drug-likeness (QED) is 0.728. The van der Waals surface area contributed by atoms with Crippen LogP contribution >= 0.6 is 11.6 Å². The van der Waals surface area contributed by atoms with Crippen LogP contribution in [0.5, 0.6) is 0 Å². The Morgan fingerprint density at radius 1 is 1.32 bits per heavy atom. The van der Waals surface area contributed by atoms with Crippen molar-refractivity contribution in [2.24, 2.45) is 0 Å². The zero-order chi connectivity index (χ0) is 17.6. The molecule has 3 N–H and O–H groups in total. The molecule has 3 aromatic rings. The molecule has 0 radical (unpaired) electrons. The Labute approximate surface area is 149 Å². The van der Waals surface area contributed by atoms with Crippen LogP contribution in [0.2, 0.25) is 5.02 Å². The fraction of sp³-hybridized carbons (Fsp3) is 0.375. The molecule has 9 heteroatoms. The number of nitrogen functional groups attached to an aromatic ring is 1. The number of carbonyl (C=O) groups excluding carboxylic acids is 1. The molecule has 4 heterocycles. The van der Waals surface area contributed by atoms with E-state index in [-0.39, 0.29) is 17.8 Å². The summed E-state index contributed by atoms with van der Waals surface area (Å²) in [5, 5.41) is 7.32. The number of fused-ring (bicyclic) bond motifs is 1. The van der Waals surface area contributed by atoms with E-state index in [1.54, 1.807) is 16.7 Å². The first-order chi connectivity index (χ1) is 12.0. The third-order valence-electron chi connectivity index (χ3n) is 4.65. The van der Waals surface area contributed by atoms with Gasteiger partial charge < -0.3 is 10.6 Å². The Bertz CT molecular complexity index is 939. The number of aryl methyl sites for hydroxylation is 1. The topological polar surface area (TPSA) is 105 Å². The van der Waals surface area contributed by atoms with E-state index >= 15 is 0 Å². The fourth-order valence-corrected chi connectivity index (χ4v) is 3.53. The molecule has 1 aliphatic rings. The number of pyridine rings is 1. The third-order valence-corrected chi connectivity index (χ3v) is 4.87. The van der Waals surface area contributed by atoms with Gasteiger partial charge >= 0.3 is 0 Å². The monoisotopic (exact) mass is 359 g/mol. The normalized spacial score (nSPS) is 15.8. The van der Waals surface area contributed by atoms with Crippen LogP contribution < -0.4 is 5.73 Å². The SMILES string of the molecule is Cc1nc2ccc(Cl)cn2c1C(=O)N1CCC(c2nc(N)n[nH]2)CC1. The Morgan fingerprint density at radius 3 is 2.76 bits per heavy atom. The van der Waals surface area contributed by atoms with E-state index in [1.165, 1.54) is 0 Å². The first-order valence-corrected chi connectivity index (χ1v) is 8.52. The summed E-state index contributed by atoms with van der Waals surface area (Å²) < 4.78 is 1.77. The minimum atomic E-state index is -0.0252. The van der Waals surface area contributed by atoms with Crippen LogP contribution in [0, 0.1) is 6.92 Å². The summed E-state index contributed by atoms with van der Waals surface area (Å²) in [6.07, 6.45) is 3.36. The minimum absolute atomic E-state index is 0.0252. The summed E-state index contributed by atoms with van der Waals surface area (Å²) in [5.41, 5.74) is 7.56. The van der Waals surface area contributed by atoms with E-state index in [0.717, 1.165) is 24.3 Å². The lowest BCUT2D eigenvalue weighted by Crippen LogP contribution is -2.39. The van der Waals surface area contributed by atoms with Gasteiger partial charge in [0.2, 0.25) is 5.95 Å². The number of hydrogen-bond donors (Lipinski definition) is 2. The van der Waals surface area contributed by atoms with Crippen molar-refractivity contribution in [3.63, 3.8) is 0 Å². The number of piperidine rings is 1. The van der Waals surface area contributed by atoms with Gasteiger partial charge in [0.05, 0.1) is 10.7 Å². The van der Waals surface area contributed by atoms with Crippen molar-refractivity contribution >= 4 is 29.1 Å². The maximum absolute atomic E-state index is 13.0. The predicted molar refractivity (Wildman–Crippen MR) is 93.6 cm³/mol. The van der Waals surface area contributed by atoms with Crippen LogP contribution in [0.4, 0.5) is 5.95 Å². The molecule has 25 heavy (non-hydrogen) atoms. The number of likely N-dealkylation sites (tertiary alicyclic amines) is 1. The van der Waals surface area contributed by atoms with Gasteiger partial charge in [-0.2, -0.15) is 4.98 Å². The number of rotatable bonds is 2. The van der Waals surface area contributed by atoms with Crippen LogP contribution in [0.15, 0.2) is 18.3 Å². The molecule has 0 aliphatic carbocycles. The Hall–Kier alpha value is -2.61. The summed E-state index contributed by atoms with van der Waals surface area (Å²) in [5.74, 6) is 1.27. The van der Waals surface area contributed by atoms with Crippen LogP contribution in [0.1, 0.15) is 40.8 Å². The van der Waals surface area contributed by atoms with Gasteiger partial charge in [-0.15, -0.1) is 5.10 Å². The highest BCUT2D eigenvalue weighted by atomic mass is 35.5. The summed E-state index contributed by atoms with van der Waals surface area (Å²) in [4.78, 5) is 23.5. The number of aromatic amines is 1. The van der Waals surface area contributed by atoms with Crippen molar-refractivity contribution in [2.45, 2.75) is 25.7 Å². The fourth-order valence-electron chi connectivity index (χ4n) is 3.37. The summed E-state index contributed by atoms with van der Waals surface area (Å²) in [6.45, 7) is 3.15. The van der Waals surface area contributed by atoms with Gasteiger partial charge in [0.25, 0.3) is 5.91 Å². The van der Waals surface area contributed by atoms with Crippen molar-refractivity contribution in [1.82, 2.24) is 29.5 Å². The number of halogens is 1. The Morgan fingerprint density at radius 2 is 2.08 bits per heavy atom. The molecular weight excluding hydrogens is 342 g/mol. The standard InChI is InChI=1S/C16H18ClN7O/c1-9-13(24-8-11(17)2-3-12(24)19-9)15(25)23-6-4-10(5-7-23)14-20-16(18)22-21-14/h2-3,8,10H,4-7H2,1H3,(H3,18,20,21,22). The van der Waals surface area contributed by atoms with E-state index < -0.39 is 0 Å². The lowest BCUT2D eigenvalue weighted by molar-refractivity contribution is 0.0703. The van der Waals surface area contributed by atoms with Gasteiger partial charge in [-0.25, -0.2) is 4.98 Å². The zero-order valence-corrected chi connectivity index (χ0v) is 14.5. The Kier molecular flexibility index (Phi) is 3.84. The highest BCUT2D eigenvalue weighted by molar-refractivity contribution is 6.30. The maximum atomic E-state index is 13.0. The van der Waals surface area contributed by atoms with Crippen LogP contribution in [0.3, 0.4) is 0 Å². The molecule has 4 rings (SSSR count). The van der Waals surface area contributed by atoms with Crippen LogP contribution in [-0.2, 0) is 0 Å². The number of carbonyl (C=O) groups is 1. The zero-order valence-electron chi connectivity index (χ0n) is 13.7. The van der Waals surface area contributed by atoms with Gasteiger partial charge in [-0.1, -0.05) is 11.6 Å². The van der Waals surface area contributed by atoms with Gasteiger partial charge in [0.15, 0.2) is 0 Å². The van der Waals surface area contributed by atoms with Gasteiger partial charge in [0.1, 0.15) is 17.2 Å². The number of nitrogens with two attached hydrogens (primary N) is 1. The molecule has 1 amide bonds. The lowest BCUT2D eigenvalue weighted by Gasteiger charge is -2.31. The number of aromatic nitrogens is 5. The molecule has 1 saturated heterocycles. The van der Waals surface area contributed by atoms with Crippen molar-refractivity contribution in [1.29, 1.82) is 0 Å². The highest BCUT2D eigenvalue weighted by Gasteiger charge is 2.29. The number of hydrogen-bond acceptors (Lipinski definition) is 5. The van der Waals surface area contributed by atoms with Gasteiger partial charge in [-0.3, -0.25) is 14.3 Å². The van der Waals surface area contributed by atoms with Crippen molar-refractivity contribution < 1.29 is 4.79 Å². The number of amides is 1. The number of nitrogens with one attached hydrogen (secondary N) is 1. The molecule has 0 spiro atoms. The number of H-pyrrole nitrogens is 1. The molecule has 0 unspecified atom stereocenters. The molecule has 1 aliphatic heterocycles. The third kappa shape index (κ3) is 2.82. The van der Waals surface area contributed by atoms with E-state index in [1.807, 2.05) is 17.9 Å². The Balaban J connectivity index is 1.55. The lowest BCUT2D eigenvalue weighted by atomic mass is 9.96. The summed E-state index contributed by atoms with van der Waals surface area (Å²) in [6, 6.07) is 3.58. The average molecular weight is 360 g/mol. The van der Waals surface area contributed by atoms with Gasteiger partial charge in [-0.05, 0) is 31.9 Å². The molecular formula is C16H18ClN7O. The molecule has 1 fully saturated rings. The number of imidazole rings is 1. The summed E-state index contributed by atoms with van der Waals surface area (Å²) in [7, 11) is 0. The molecule has 0 aromatic carbocycles. The predicted octanol–water partition coefficient (Wildman–Crippen LogP) is 2.02. The molecule has 0 atom stereocenters. The van der Waals surface area contributed by atoms with Crippen molar-refractivity contribution in [2.75, 3.05) is 18.8 Å². The maximum Gasteiger partial charge on any atom is 0.272 e.